The van der Waals surface area contributed by atoms with E-state index in [4.69, 9.17) is 0 Å². The van der Waals surface area contributed by atoms with Crippen molar-refractivity contribution < 1.29 is 9.90 Å². The molecule has 7 heteroatoms. The van der Waals surface area contributed by atoms with Crippen molar-refractivity contribution >= 4 is 5.91 Å². The SMILES string of the molecule is CC(O)CN(C(=O)Cn1nc2n(c1=O)CCCCC2)C(C)C. The Morgan fingerprint density at radius 2 is 2.05 bits per heavy atom. The summed E-state index contributed by atoms with van der Waals surface area (Å²) in [6.07, 6.45) is 3.31. The topological polar surface area (TPSA) is 80.4 Å². The summed E-state index contributed by atoms with van der Waals surface area (Å²) < 4.78 is 2.95. The Morgan fingerprint density at radius 1 is 1.32 bits per heavy atom. The molecule has 0 saturated heterocycles. The standard InChI is InChI=1S/C15H26N4O3/c1-11(2)18(9-12(3)20)14(21)10-19-15(22)17-8-6-4-5-7-13(17)16-19/h11-12,20H,4-10H2,1-3H3. The summed E-state index contributed by atoms with van der Waals surface area (Å²) in [5.74, 6) is 0.591. The molecule has 1 aliphatic heterocycles. The van der Waals surface area contributed by atoms with E-state index in [0.29, 0.717) is 6.54 Å². The normalized spacial score (nSPS) is 16.2. The Labute approximate surface area is 130 Å². The number of carbonyl (C=O) groups excluding carboxylic acids is 1. The first-order valence-electron chi connectivity index (χ1n) is 8.04. The van der Waals surface area contributed by atoms with Gasteiger partial charge in [-0.3, -0.25) is 9.36 Å². The summed E-state index contributed by atoms with van der Waals surface area (Å²) in [5, 5.41) is 13.9. The van der Waals surface area contributed by atoms with E-state index >= 15 is 0 Å². The summed E-state index contributed by atoms with van der Waals surface area (Å²) >= 11 is 0. The fourth-order valence-corrected chi connectivity index (χ4v) is 2.83. The third-order valence-corrected chi connectivity index (χ3v) is 3.97. The van der Waals surface area contributed by atoms with Crippen LogP contribution in [0.4, 0.5) is 0 Å². The van der Waals surface area contributed by atoms with Gasteiger partial charge in [-0.2, -0.15) is 5.10 Å². The van der Waals surface area contributed by atoms with Gasteiger partial charge in [-0.15, -0.1) is 0 Å². The van der Waals surface area contributed by atoms with Gasteiger partial charge in [-0.25, -0.2) is 9.48 Å². The molecule has 1 N–H and O–H groups in total. The van der Waals surface area contributed by atoms with Gasteiger partial charge in [-0.1, -0.05) is 6.42 Å². The van der Waals surface area contributed by atoms with E-state index in [9.17, 15) is 14.7 Å². The van der Waals surface area contributed by atoms with Crippen LogP contribution in [-0.4, -0.2) is 49.0 Å². The molecule has 1 atom stereocenters. The third-order valence-electron chi connectivity index (χ3n) is 3.97. The van der Waals surface area contributed by atoms with Crippen LogP contribution in [0.5, 0.6) is 0 Å². The van der Waals surface area contributed by atoms with Crippen LogP contribution in [0.3, 0.4) is 0 Å². The Kier molecular flexibility index (Phi) is 5.39. The lowest BCUT2D eigenvalue weighted by Crippen LogP contribution is -2.44. The van der Waals surface area contributed by atoms with Crippen molar-refractivity contribution in [3.8, 4) is 0 Å². The van der Waals surface area contributed by atoms with Gasteiger partial charge in [0.1, 0.15) is 12.4 Å². The van der Waals surface area contributed by atoms with Crippen LogP contribution in [0, 0.1) is 0 Å². The Bertz CT molecular complexity index is 574. The lowest BCUT2D eigenvalue weighted by atomic mass is 10.2. The highest BCUT2D eigenvalue weighted by Crippen LogP contribution is 2.10. The summed E-state index contributed by atoms with van der Waals surface area (Å²) in [5.41, 5.74) is -0.203. The first-order valence-corrected chi connectivity index (χ1v) is 8.04. The maximum atomic E-state index is 12.4. The van der Waals surface area contributed by atoms with Gasteiger partial charge in [0.15, 0.2) is 0 Å². The molecule has 0 bridgehead atoms. The largest absolute Gasteiger partial charge is 0.392 e. The van der Waals surface area contributed by atoms with Gasteiger partial charge in [0.05, 0.1) is 6.10 Å². The van der Waals surface area contributed by atoms with E-state index in [1.54, 1.807) is 16.4 Å². The van der Waals surface area contributed by atoms with Crippen molar-refractivity contribution in [3.05, 3.63) is 16.3 Å². The minimum Gasteiger partial charge on any atom is -0.392 e. The van der Waals surface area contributed by atoms with E-state index in [0.717, 1.165) is 31.5 Å². The predicted octanol–water partition coefficient (Wildman–Crippen LogP) is 0.389. The van der Waals surface area contributed by atoms with E-state index < -0.39 is 6.10 Å². The molecule has 0 saturated carbocycles. The Morgan fingerprint density at radius 3 is 2.68 bits per heavy atom. The van der Waals surface area contributed by atoms with Gasteiger partial charge >= 0.3 is 5.69 Å². The van der Waals surface area contributed by atoms with Crippen LogP contribution in [0.2, 0.25) is 0 Å². The maximum Gasteiger partial charge on any atom is 0.346 e. The number of hydrogen-bond acceptors (Lipinski definition) is 4. The zero-order valence-electron chi connectivity index (χ0n) is 13.7. The molecule has 124 valence electrons. The fourth-order valence-electron chi connectivity index (χ4n) is 2.83. The monoisotopic (exact) mass is 310 g/mol. The molecule has 0 aromatic carbocycles. The number of rotatable bonds is 5. The Hall–Kier alpha value is -1.63. The molecule has 0 fully saturated rings. The molecule has 0 aliphatic carbocycles. The second-order valence-electron chi connectivity index (χ2n) is 6.31. The minimum absolute atomic E-state index is 0.0294. The number of aromatic nitrogens is 3. The highest BCUT2D eigenvalue weighted by atomic mass is 16.3. The third kappa shape index (κ3) is 3.76. The molecule has 7 nitrogen and oxygen atoms in total. The molecular weight excluding hydrogens is 284 g/mol. The number of nitrogens with zero attached hydrogens (tertiary/aromatic N) is 4. The van der Waals surface area contributed by atoms with E-state index in [-0.39, 0.29) is 30.7 Å². The zero-order valence-corrected chi connectivity index (χ0v) is 13.7. The van der Waals surface area contributed by atoms with Gasteiger partial charge < -0.3 is 10.0 Å². The van der Waals surface area contributed by atoms with Crippen molar-refractivity contribution in [2.45, 2.75) is 71.7 Å². The van der Waals surface area contributed by atoms with Gasteiger partial charge in [0, 0.05) is 25.6 Å². The molecule has 1 aliphatic rings. The van der Waals surface area contributed by atoms with Gasteiger partial charge in [0.25, 0.3) is 0 Å². The number of aliphatic hydroxyl groups excluding tert-OH is 1. The van der Waals surface area contributed by atoms with Crippen LogP contribution in [0.15, 0.2) is 4.79 Å². The molecule has 1 unspecified atom stereocenters. The highest BCUT2D eigenvalue weighted by Gasteiger charge is 2.22. The van der Waals surface area contributed by atoms with Gasteiger partial charge in [0.2, 0.25) is 5.91 Å². The van der Waals surface area contributed by atoms with E-state index in [1.165, 1.54) is 4.68 Å². The van der Waals surface area contributed by atoms with Crippen molar-refractivity contribution in [2.75, 3.05) is 6.54 Å². The number of fused-ring (bicyclic) bond motifs is 1. The maximum absolute atomic E-state index is 12.4. The van der Waals surface area contributed by atoms with Gasteiger partial charge in [-0.05, 0) is 33.6 Å². The summed E-state index contributed by atoms with van der Waals surface area (Å²) in [7, 11) is 0. The van der Waals surface area contributed by atoms with E-state index in [1.807, 2.05) is 13.8 Å². The first-order chi connectivity index (χ1) is 10.4. The predicted molar refractivity (Wildman–Crippen MR) is 82.6 cm³/mol. The molecular formula is C15H26N4O3. The van der Waals surface area contributed by atoms with Crippen LogP contribution in [0.1, 0.15) is 45.9 Å². The smallest absolute Gasteiger partial charge is 0.346 e. The van der Waals surface area contributed by atoms with Crippen molar-refractivity contribution in [2.24, 2.45) is 0 Å². The van der Waals surface area contributed by atoms with Crippen LogP contribution in [0.25, 0.3) is 0 Å². The second-order valence-corrected chi connectivity index (χ2v) is 6.31. The van der Waals surface area contributed by atoms with Crippen molar-refractivity contribution in [1.82, 2.24) is 19.2 Å². The number of carbonyl (C=O) groups is 1. The summed E-state index contributed by atoms with van der Waals surface area (Å²) in [4.78, 5) is 26.4. The molecule has 1 aromatic rings. The summed E-state index contributed by atoms with van der Waals surface area (Å²) in [6.45, 7) is 6.32. The van der Waals surface area contributed by atoms with Crippen molar-refractivity contribution in [3.63, 3.8) is 0 Å². The molecule has 1 aromatic heterocycles. The molecule has 22 heavy (non-hydrogen) atoms. The fraction of sp³-hybridized carbons (Fsp3) is 0.800. The van der Waals surface area contributed by atoms with Crippen molar-refractivity contribution in [1.29, 1.82) is 0 Å². The number of aryl methyl sites for hydroxylation is 1. The quantitative estimate of drug-likeness (QED) is 0.853. The molecule has 0 radical (unpaired) electrons. The highest BCUT2D eigenvalue weighted by molar-refractivity contribution is 5.76. The minimum atomic E-state index is -0.596. The Balaban J connectivity index is 2.16. The van der Waals surface area contributed by atoms with E-state index in [2.05, 4.69) is 5.10 Å². The molecule has 0 spiro atoms. The molecule has 2 rings (SSSR count). The average Bonchev–Trinajstić information content (AvgIpc) is 2.63. The number of amides is 1. The lowest BCUT2D eigenvalue weighted by Gasteiger charge is -2.27. The summed E-state index contributed by atoms with van der Waals surface area (Å²) in [6, 6.07) is -0.0294. The van der Waals surface area contributed by atoms with Crippen LogP contribution >= 0.6 is 0 Å². The van der Waals surface area contributed by atoms with Crippen LogP contribution in [-0.2, 0) is 24.3 Å². The number of hydrogen-bond donors (Lipinski definition) is 1. The molecule has 2 heterocycles. The second kappa shape index (κ2) is 7.09. The lowest BCUT2D eigenvalue weighted by molar-refractivity contribution is -0.135. The zero-order chi connectivity index (χ0) is 16.3. The first kappa shape index (κ1) is 16.7. The number of aliphatic hydroxyl groups is 1. The average molecular weight is 310 g/mol. The molecule has 1 amide bonds. The van der Waals surface area contributed by atoms with Crippen LogP contribution < -0.4 is 5.69 Å².